The highest BCUT2D eigenvalue weighted by atomic mass is 16.7. The molecule has 2 aromatic rings. The third kappa shape index (κ3) is 3.89. The van der Waals surface area contributed by atoms with Gasteiger partial charge < -0.3 is 4.74 Å². The van der Waals surface area contributed by atoms with Gasteiger partial charge >= 0.3 is 5.97 Å². The molecular weight excluding hydrogens is 384 g/mol. The van der Waals surface area contributed by atoms with E-state index in [0.29, 0.717) is 6.61 Å². The molecule has 158 valence electrons. The molecule has 0 bridgehead atoms. The minimum Gasteiger partial charge on any atom is -0.464 e. The van der Waals surface area contributed by atoms with Gasteiger partial charge in [-0.15, -0.1) is 0 Å². The van der Waals surface area contributed by atoms with Gasteiger partial charge in [0.1, 0.15) is 0 Å². The normalized spacial score (nSPS) is 26.2. The van der Waals surface area contributed by atoms with E-state index in [2.05, 4.69) is 0 Å². The lowest BCUT2D eigenvalue weighted by Crippen LogP contribution is -2.39. The second-order valence-corrected chi connectivity index (χ2v) is 7.87. The van der Waals surface area contributed by atoms with Crippen molar-refractivity contribution in [1.29, 1.82) is 0 Å². The summed E-state index contributed by atoms with van der Waals surface area (Å²) in [6, 6.07) is 19.1. The molecule has 0 spiro atoms. The predicted octanol–water partition coefficient (Wildman–Crippen LogP) is 3.83. The minimum atomic E-state index is -0.688. The minimum absolute atomic E-state index is 0.0116. The van der Waals surface area contributed by atoms with E-state index in [9.17, 15) is 14.9 Å². The maximum Gasteiger partial charge on any atom is 0.338 e. The molecule has 0 unspecified atom stereocenters. The molecule has 2 fully saturated rings. The Bertz CT molecular complexity index is 876. The number of rotatable bonds is 7. The Morgan fingerprint density at radius 1 is 1.17 bits per heavy atom. The van der Waals surface area contributed by atoms with Crippen molar-refractivity contribution in [2.75, 3.05) is 18.2 Å². The zero-order chi connectivity index (χ0) is 21.1. The fraction of sp³-hybridized carbons (Fsp3) is 0.435. The molecule has 5 atom stereocenters. The van der Waals surface area contributed by atoms with Gasteiger partial charge in [-0.2, -0.15) is 0 Å². The molecule has 1 heterocycles. The van der Waals surface area contributed by atoms with Gasteiger partial charge in [0.15, 0.2) is 6.10 Å². The third-order valence-electron chi connectivity index (χ3n) is 6.22. The van der Waals surface area contributed by atoms with Crippen molar-refractivity contribution in [2.45, 2.75) is 37.8 Å². The average molecular weight is 410 g/mol. The second-order valence-electron chi connectivity index (χ2n) is 7.87. The van der Waals surface area contributed by atoms with Crippen LogP contribution in [0.25, 0.3) is 0 Å². The van der Waals surface area contributed by atoms with Crippen LogP contribution in [0.5, 0.6) is 0 Å². The molecule has 1 saturated heterocycles. The van der Waals surface area contributed by atoms with Gasteiger partial charge in [-0.1, -0.05) is 48.5 Å². The first-order chi connectivity index (χ1) is 14.6. The van der Waals surface area contributed by atoms with Crippen molar-refractivity contribution in [1.82, 2.24) is 0 Å². The number of nitrogens with zero attached hydrogens (tertiary/aromatic N) is 2. The molecule has 1 saturated carbocycles. The van der Waals surface area contributed by atoms with E-state index in [1.54, 1.807) is 12.0 Å². The maximum absolute atomic E-state index is 12.6. The first-order valence-corrected chi connectivity index (χ1v) is 10.4. The smallest absolute Gasteiger partial charge is 0.338 e. The van der Waals surface area contributed by atoms with Crippen LogP contribution in [0.4, 0.5) is 5.69 Å². The van der Waals surface area contributed by atoms with Crippen LogP contribution in [0.1, 0.15) is 31.2 Å². The molecule has 1 aliphatic heterocycles. The Morgan fingerprint density at radius 3 is 2.47 bits per heavy atom. The monoisotopic (exact) mass is 410 g/mol. The lowest BCUT2D eigenvalue weighted by Gasteiger charge is -2.32. The Balaban J connectivity index is 1.71. The third-order valence-corrected chi connectivity index (χ3v) is 6.22. The van der Waals surface area contributed by atoms with Crippen LogP contribution in [-0.2, 0) is 14.4 Å². The number of esters is 1. The number of fused-ring (bicyclic) bond motifs is 1. The van der Waals surface area contributed by atoms with Crippen molar-refractivity contribution in [2.24, 2.45) is 11.8 Å². The number of carbonyl (C=O) groups is 1. The summed E-state index contributed by atoms with van der Waals surface area (Å²) in [6.07, 6.45) is 0.876. The van der Waals surface area contributed by atoms with E-state index in [1.165, 1.54) is 0 Å². The Labute approximate surface area is 175 Å². The average Bonchev–Trinajstić information content (AvgIpc) is 3.34. The molecule has 30 heavy (non-hydrogen) atoms. The lowest BCUT2D eigenvalue weighted by atomic mass is 9.80. The summed E-state index contributed by atoms with van der Waals surface area (Å²) < 4.78 is 5.26. The number of hydrogen-bond acceptors (Lipinski definition) is 6. The quantitative estimate of drug-likeness (QED) is 0.392. The summed E-state index contributed by atoms with van der Waals surface area (Å²) in [5.41, 5.74) is 1.80. The fourth-order valence-corrected chi connectivity index (χ4v) is 5.03. The Hall–Kier alpha value is -2.93. The van der Waals surface area contributed by atoms with Crippen LogP contribution in [0.2, 0.25) is 0 Å². The number of anilines is 1. The second kappa shape index (κ2) is 8.83. The highest BCUT2D eigenvalue weighted by molar-refractivity contribution is 5.76. The number of benzene rings is 2. The van der Waals surface area contributed by atoms with Crippen molar-refractivity contribution < 1.29 is 19.3 Å². The molecule has 1 aliphatic carbocycles. The van der Waals surface area contributed by atoms with Crippen molar-refractivity contribution in [3.8, 4) is 0 Å². The number of ether oxygens (including phenoxy) is 1. The lowest BCUT2D eigenvalue weighted by molar-refractivity contribution is -0.485. The highest BCUT2D eigenvalue weighted by Crippen LogP contribution is 2.50. The number of para-hydroxylation sites is 1. The van der Waals surface area contributed by atoms with Crippen molar-refractivity contribution >= 4 is 11.7 Å². The van der Waals surface area contributed by atoms with Gasteiger partial charge in [-0.3, -0.25) is 15.0 Å². The molecule has 2 aromatic carbocycles. The maximum atomic E-state index is 12.6. The molecule has 0 radical (unpaired) electrons. The van der Waals surface area contributed by atoms with Crippen LogP contribution in [0, 0.1) is 22.0 Å². The van der Waals surface area contributed by atoms with Gasteiger partial charge in [0.2, 0.25) is 6.54 Å². The summed E-state index contributed by atoms with van der Waals surface area (Å²) >= 11 is 0. The predicted molar refractivity (Wildman–Crippen MR) is 111 cm³/mol. The summed E-state index contributed by atoms with van der Waals surface area (Å²) in [5, 5.41) is 13.3. The van der Waals surface area contributed by atoms with E-state index in [-0.39, 0.29) is 41.2 Å². The summed E-state index contributed by atoms with van der Waals surface area (Å²) in [4.78, 5) is 30.0. The van der Waals surface area contributed by atoms with Gasteiger partial charge in [0.05, 0.1) is 24.3 Å². The zero-order valence-corrected chi connectivity index (χ0v) is 16.9. The molecule has 0 N–H and O–H groups in total. The summed E-state index contributed by atoms with van der Waals surface area (Å²) in [7, 11) is 0. The van der Waals surface area contributed by atoms with E-state index in [4.69, 9.17) is 9.57 Å². The first-order valence-electron chi connectivity index (χ1n) is 10.4. The molecule has 7 heteroatoms. The van der Waals surface area contributed by atoms with E-state index >= 15 is 0 Å². The number of carbonyl (C=O) groups excluding carboxylic acids is 1. The standard InChI is InChI=1S/C23H26N2O5/c1-2-29-23(26)22-19-14-13-18(20(15-24(27)28)16-9-5-3-6-10-16)21(19)25(30-22)17-11-7-4-8-12-17/h3-12,18-22H,2,13-15H2,1H3/t18-,19-,20-,21-,22-/m1/s1. The molecule has 4 rings (SSSR count). The van der Waals surface area contributed by atoms with E-state index < -0.39 is 6.10 Å². The fourth-order valence-electron chi connectivity index (χ4n) is 5.03. The zero-order valence-electron chi connectivity index (χ0n) is 16.9. The topological polar surface area (TPSA) is 81.9 Å². The van der Waals surface area contributed by atoms with Gasteiger partial charge in [0, 0.05) is 10.8 Å². The highest BCUT2D eigenvalue weighted by Gasteiger charge is 2.56. The number of hydroxylamine groups is 1. The first kappa shape index (κ1) is 20.3. The Kier molecular flexibility index (Phi) is 5.99. The molecule has 0 amide bonds. The van der Waals surface area contributed by atoms with Gasteiger partial charge in [-0.25, -0.2) is 9.86 Å². The van der Waals surface area contributed by atoms with Crippen LogP contribution in [0.15, 0.2) is 60.7 Å². The Morgan fingerprint density at radius 2 is 1.83 bits per heavy atom. The summed E-state index contributed by atoms with van der Waals surface area (Å²) in [6.45, 7) is 1.92. The van der Waals surface area contributed by atoms with Gasteiger partial charge in [0.25, 0.3) is 0 Å². The van der Waals surface area contributed by atoms with Crippen molar-refractivity contribution in [3.63, 3.8) is 0 Å². The SMILES string of the molecule is CCOC(=O)[C@@H]1ON(c2ccccc2)[C@H]2[C@H]1CC[C@@H]2[C@H](C[N+](=O)[O-])c1ccccc1. The van der Waals surface area contributed by atoms with Crippen LogP contribution in [-0.4, -0.2) is 36.2 Å². The van der Waals surface area contributed by atoms with Gasteiger partial charge in [-0.05, 0) is 43.4 Å². The molecular formula is C23H26N2O5. The van der Waals surface area contributed by atoms with Crippen molar-refractivity contribution in [3.05, 3.63) is 76.3 Å². The number of nitro groups is 1. The number of hydrogen-bond donors (Lipinski definition) is 0. The van der Waals surface area contributed by atoms with E-state index in [1.807, 2.05) is 60.7 Å². The van der Waals surface area contributed by atoms with Crippen LogP contribution in [0.3, 0.4) is 0 Å². The summed E-state index contributed by atoms with van der Waals surface area (Å²) in [5.74, 6) is -0.696. The van der Waals surface area contributed by atoms with Crippen LogP contribution >= 0.6 is 0 Å². The molecule has 0 aromatic heterocycles. The molecule has 7 nitrogen and oxygen atoms in total. The molecule has 2 aliphatic rings. The largest absolute Gasteiger partial charge is 0.464 e. The van der Waals surface area contributed by atoms with E-state index in [0.717, 1.165) is 24.1 Å². The van der Waals surface area contributed by atoms with Crippen LogP contribution < -0.4 is 5.06 Å².